The van der Waals surface area contributed by atoms with Crippen LogP contribution in [0.3, 0.4) is 0 Å². The number of alkyl halides is 2. The van der Waals surface area contributed by atoms with Gasteiger partial charge in [-0.05, 0) is 5.92 Å². The summed E-state index contributed by atoms with van der Waals surface area (Å²) in [7, 11) is 0. The second kappa shape index (κ2) is 7.10. The molecule has 0 saturated carbocycles. The Bertz CT molecular complexity index is 248. The highest BCUT2D eigenvalue weighted by Crippen LogP contribution is 2.07. The van der Waals surface area contributed by atoms with E-state index in [9.17, 15) is 18.4 Å². The molecule has 0 aliphatic carbocycles. The number of aliphatic carboxylic acids is 1. The molecule has 0 aromatic heterocycles. The molecular weight excluding hydrogens is 224 g/mol. The monoisotopic (exact) mass is 239 g/mol. The van der Waals surface area contributed by atoms with Crippen LogP contribution in [-0.2, 0) is 9.59 Å². The normalized spacial score (nSPS) is 14.6. The van der Waals surface area contributed by atoms with E-state index in [-0.39, 0.29) is 18.8 Å². The maximum atomic E-state index is 11.8. The van der Waals surface area contributed by atoms with Gasteiger partial charge in [-0.15, -0.1) is 0 Å². The largest absolute Gasteiger partial charge is 0.481 e. The molecule has 16 heavy (non-hydrogen) atoms. The number of nitrogens with one attached hydrogen (secondary N) is 1. The first-order chi connectivity index (χ1) is 7.32. The maximum absolute atomic E-state index is 11.8. The molecule has 1 amide bonds. The van der Waals surface area contributed by atoms with E-state index in [0.717, 1.165) is 0 Å². The topological polar surface area (TPSA) is 86.6 Å². The van der Waals surface area contributed by atoms with E-state index in [1.807, 2.05) is 0 Å². The molecule has 7 heteroatoms. The van der Waals surface area contributed by atoms with Gasteiger partial charge < -0.3 is 15.5 Å². The zero-order chi connectivity index (χ0) is 12.7. The Hall–Kier alpha value is -1.24. The van der Waals surface area contributed by atoms with E-state index in [0.29, 0.717) is 0 Å². The number of hydrogen-bond donors (Lipinski definition) is 3. The second-order valence-electron chi connectivity index (χ2n) is 3.61. The molecule has 2 atom stereocenters. The third-order valence-corrected chi connectivity index (χ3v) is 1.86. The minimum Gasteiger partial charge on any atom is -0.481 e. The highest BCUT2D eigenvalue weighted by Gasteiger charge is 2.18. The van der Waals surface area contributed by atoms with Gasteiger partial charge in [0.15, 0.2) is 0 Å². The van der Waals surface area contributed by atoms with Gasteiger partial charge in [-0.2, -0.15) is 0 Å². The highest BCUT2D eigenvalue weighted by atomic mass is 19.3. The van der Waals surface area contributed by atoms with Crippen molar-refractivity contribution in [2.75, 3.05) is 6.54 Å². The minimum absolute atomic E-state index is 0.0672. The molecule has 0 bridgehead atoms. The predicted octanol–water partition coefficient (Wildman–Crippen LogP) is 0.229. The lowest BCUT2D eigenvalue weighted by Crippen LogP contribution is -2.36. The molecule has 0 aliphatic heterocycles. The van der Waals surface area contributed by atoms with Crippen molar-refractivity contribution in [1.29, 1.82) is 0 Å². The quantitative estimate of drug-likeness (QED) is 0.593. The van der Waals surface area contributed by atoms with Gasteiger partial charge in [-0.25, -0.2) is 8.78 Å². The fraction of sp³-hybridized carbons (Fsp3) is 0.778. The standard InChI is InChI=1S/C9H15F2NO4/c1-5(3-8(15)16)2-7(14)12-4-6(13)9(10)11/h5-6,9,13H,2-4H2,1H3,(H,12,14)(H,15,16). The number of aliphatic hydroxyl groups is 1. The fourth-order valence-corrected chi connectivity index (χ4v) is 1.07. The van der Waals surface area contributed by atoms with Gasteiger partial charge in [0.2, 0.25) is 5.91 Å². The summed E-state index contributed by atoms with van der Waals surface area (Å²) in [5.41, 5.74) is 0. The first kappa shape index (κ1) is 14.8. The van der Waals surface area contributed by atoms with Crippen LogP contribution in [0.2, 0.25) is 0 Å². The van der Waals surface area contributed by atoms with E-state index < -0.39 is 31.0 Å². The summed E-state index contributed by atoms with van der Waals surface area (Å²) in [6, 6.07) is 0. The Labute approximate surface area is 91.5 Å². The average molecular weight is 239 g/mol. The number of carboxylic acids is 1. The third kappa shape index (κ3) is 7.10. The third-order valence-electron chi connectivity index (χ3n) is 1.86. The van der Waals surface area contributed by atoms with Crippen LogP contribution >= 0.6 is 0 Å². The zero-order valence-electron chi connectivity index (χ0n) is 8.82. The molecule has 0 aliphatic rings. The Kier molecular flexibility index (Phi) is 6.55. The van der Waals surface area contributed by atoms with Crippen LogP contribution < -0.4 is 5.32 Å². The number of amides is 1. The molecule has 0 aromatic rings. The number of hydrogen-bond acceptors (Lipinski definition) is 3. The van der Waals surface area contributed by atoms with Crippen molar-refractivity contribution in [1.82, 2.24) is 5.32 Å². The Balaban J connectivity index is 3.78. The van der Waals surface area contributed by atoms with E-state index >= 15 is 0 Å². The van der Waals surface area contributed by atoms with Gasteiger partial charge in [-0.1, -0.05) is 6.92 Å². The number of rotatable bonds is 7. The van der Waals surface area contributed by atoms with Crippen molar-refractivity contribution >= 4 is 11.9 Å². The second-order valence-corrected chi connectivity index (χ2v) is 3.61. The van der Waals surface area contributed by atoms with Gasteiger partial charge in [0, 0.05) is 19.4 Å². The number of carbonyl (C=O) groups is 2. The van der Waals surface area contributed by atoms with Gasteiger partial charge in [-0.3, -0.25) is 9.59 Å². The van der Waals surface area contributed by atoms with Crippen LogP contribution in [0.15, 0.2) is 0 Å². The summed E-state index contributed by atoms with van der Waals surface area (Å²) >= 11 is 0. The first-order valence-corrected chi connectivity index (χ1v) is 4.77. The van der Waals surface area contributed by atoms with Crippen LogP contribution in [0.5, 0.6) is 0 Å². The summed E-state index contributed by atoms with van der Waals surface area (Å²) in [5, 5.41) is 19.2. The van der Waals surface area contributed by atoms with Crippen molar-refractivity contribution in [2.45, 2.75) is 32.3 Å². The van der Waals surface area contributed by atoms with Crippen molar-refractivity contribution in [2.24, 2.45) is 5.92 Å². The lowest BCUT2D eigenvalue weighted by Gasteiger charge is -2.12. The average Bonchev–Trinajstić information content (AvgIpc) is 2.12. The molecule has 0 radical (unpaired) electrons. The minimum atomic E-state index is -2.91. The molecule has 0 aromatic carbocycles. The molecule has 3 N–H and O–H groups in total. The zero-order valence-corrected chi connectivity index (χ0v) is 8.82. The molecule has 0 fully saturated rings. The summed E-state index contributed by atoms with van der Waals surface area (Å²) in [5.74, 6) is -1.94. The lowest BCUT2D eigenvalue weighted by molar-refractivity contribution is -0.138. The van der Waals surface area contributed by atoms with E-state index in [1.165, 1.54) is 0 Å². The number of carboxylic acid groups (broad SMARTS) is 1. The number of halogens is 2. The Morgan fingerprint density at radius 3 is 2.31 bits per heavy atom. The van der Waals surface area contributed by atoms with Crippen molar-refractivity contribution < 1.29 is 28.6 Å². The highest BCUT2D eigenvalue weighted by molar-refractivity contribution is 5.77. The van der Waals surface area contributed by atoms with Crippen molar-refractivity contribution in [3.05, 3.63) is 0 Å². The summed E-state index contributed by atoms with van der Waals surface area (Å²) < 4.78 is 23.7. The van der Waals surface area contributed by atoms with E-state index in [1.54, 1.807) is 6.92 Å². The SMILES string of the molecule is CC(CC(=O)O)CC(=O)NCC(O)C(F)F. The Morgan fingerprint density at radius 2 is 1.88 bits per heavy atom. The summed E-state index contributed by atoms with van der Waals surface area (Å²) in [6.45, 7) is 1.04. The fourth-order valence-electron chi connectivity index (χ4n) is 1.07. The van der Waals surface area contributed by atoms with Crippen LogP contribution in [0.1, 0.15) is 19.8 Å². The lowest BCUT2D eigenvalue weighted by atomic mass is 10.0. The molecular formula is C9H15F2NO4. The molecule has 5 nitrogen and oxygen atoms in total. The van der Waals surface area contributed by atoms with Crippen LogP contribution in [-0.4, -0.2) is 41.2 Å². The number of aliphatic hydroxyl groups excluding tert-OH is 1. The molecule has 0 heterocycles. The van der Waals surface area contributed by atoms with Gasteiger partial charge in [0.25, 0.3) is 6.43 Å². The van der Waals surface area contributed by atoms with Gasteiger partial charge in [0.1, 0.15) is 6.10 Å². The van der Waals surface area contributed by atoms with Crippen molar-refractivity contribution in [3.8, 4) is 0 Å². The molecule has 0 rings (SSSR count). The Morgan fingerprint density at radius 1 is 1.31 bits per heavy atom. The van der Waals surface area contributed by atoms with Crippen LogP contribution in [0.25, 0.3) is 0 Å². The summed E-state index contributed by atoms with van der Waals surface area (Å²) in [6.07, 6.45) is -5.02. The molecule has 0 spiro atoms. The predicted molar refractivity (Wildman–Crippen MR) is 51.1 cm³/mol. The van der Waals surface area contributed by atoms with Crippen molar-refractivity contribution in [3.63, 3.8) is 0 Å². The van der Waals surface area contributed by atoms with Crippen LogP contribution in [0, 0.1) is 5.92 Å². The van der Waals surface area contributed by atoms with E-state index in [4.69, 9.17) is 10.2 Å². The summed E-state index contributed by atoms with van der Waals surface area (Å²) in [4.78, 5) is 21.4. The molecule has 94 valence electrons. The number of carbonyl (C=O) groups excluding carboxylic acids is 1. The maximum Gasteiger partial charge on any atom is 0.303 e. The van der Waals surface area contributed by atoms with Gasteiger partial charge >= 0.3 is 5.97 Å². The molecule has 2 unspecified atom stereocenters. The van der Waals surface area contributed by atoms with Gasteiger partial charge in [0.05, 0.1) is 0 Å². The van der Waals surface area contributed by atoms with Crippen LogP contribution in [0.4, 0.5) is 8.78 Å². The first-order valence-electron chi connectivity index (χ1n) is 4.77. The molecule has 0 saturated heterocycles. The smallest absolute Gasteiger partial charge is 0.303 e. The van der Waals surface area contributed by atoms with E-state index in [2.05, 4.69) is 5.32 Å².